The van der Waals surface area contributed by atoms with Crippen molar-refractivity contribution in [3.63, 3.8) is 0 Å². The van der Waals surface area contributed by atoms with Gasteiger partial charge in [-0.15, -0.1) is 0 Å². The van der Waals surface area contributed by atoms with Gasteiger partial charge in [-0.2, -0.15) is 0 Å². The van der Waals surface area contributed by atoms with Crippen LogP contribution >= 0.6 is 0 Å². The van der Waals surface area contributed by atoms with Gasteiger partial charge in [0, 0.05) is 35.4 Å². The Kier molecular flexibility index (Phi) is 3.77. The maximum atomic E-state index is 5.87. The second-order valence-corrected chi connectivity index (χ2v) is 4.65. The standard InChI is InChI=1S/C14H18N4/c1-10(2)8-17-14(15)18-13-5-3-4-11-9-16-7-6-12(11)13/h3-7,9-10H,8H2,1-2H3,(H3,15,17,18). The quantitative estimate of drug-likeness (QED) is 0.642. The fraction of sp³-hybridized carbons (Fsp3) is 0.286. The number of benzene rings is 1. The Morgan fingerprint density at radius 1 is 1.39 bits per heavy atom. The smallest absolute Gasteiger partial charge is 0.193 e. The predicted molar refractivity (Wildman–Crippen MR) is 76.7 cm³/mol. The van der Waals surface area contributed by atoms with E-state index in [2.05, 4.69) is 29.1 Å². The average Bonchev–Trinajstić information content (AvgIpc) is 2.37. The van der Waals surface area contributed by atoms with E-state index < -0.39 is 0 Å². The van der Waals surface area contributed by atoms with E-state index in [1.54, 1.807) is 6.20 Å². The van der Waals surface area contributed by atoms with Crippen LogP contribution in [0.25, 0.3) is 10.8 Å². The van der Waals surface area contributed by atoms with Gasteiger partial charge in [-0.1, -0.05) is 26.0 Å². The van der Waals surface area contributed by atoms with Crippen molar-refractivity contribution in [1.82, 2.24) is 4.98 Å². The van der Waals surface area contributed by atoms with Crippen LogP contribution in [0.5, 0.6) is 0 Å². The van der Waals surface area contributed by atoms with Crippen molar-refractivity contribution in [2.75, 3.05) is 11.9 Å². The third-order valence-corrected chi connectivity index (χ3v) is 2.57. The normalized spacial score (nSPS) is 12.1. The maximum absolute atomic E-state index is 5.87. The van der Waals surface area contributed by atoms with Crippen LogP contribution in [0.15, 0.2) is 41.7 Å². The fourth-order valence-corrected chi connectivity index (χ4v) is 1.69. The number of nitrogens with two attached hydrogens (primary N) is 1. The Hall–Kier alpha value is -2.10. The summed E-state index contributed by atoms with van der Waals surface area (Å²) in [5.41, 5.74) is 6.83. The van der Waals surface area contributed by atoms with Crippen LogP contribution in [-0.4, -0.2) is 17.5 Å². The third kappa shape index (κ3) is 2.97. The molecule has 0 aliphatic heterocycles. The molecule has 4 nitrogen and oxygen atoms in total. The van der Waals surface area contributed by atoms with E-state index in [1.165, 1.54) is 0 Å². The van der Waals surface area contributed by atoms with Gasteiger partial charge in [-0.25, -0.2) is 0 Å². The van der Waals surface area contributed by atoms with Gasteiger partial charge in [0.25, 0.3) is 0 Å². The van der Waals surface area contributed by atoms with E-state index in [4.69, 9.17) is 5.73 Å². The molecule has 0 spiro atoms. The molecule has 0 aliphatic rings. The first-order chi connectivity index (χ1) is 8.66. The minimum Gasteiger partial charge on any atom is -0.370 e. The lowest BCUT2D eigenvalue weighted by molar-refractivity contribution is 0.665. The number of guanidine groups is 1. The van der Waals surface area contributed by atoms with Gasteiger partial charge in [0.1, 0.15) is 0 Å². The minimum absolute atomic E-state index is 0.452. The lowest BCUT2D eigenvalue weighted by Crippen LogP contribution is -2.23. The number of hydrogen-bond acceptors (Lipinski definition) is 2. The molecule has 0 unspecified atom stereocenters. The van der Waals surface area contributed by atoms with Crippen LogP contribution in [-0.2, 0) is 0 Å². The van der Waals surface area contributed by atoms with Crippen molar-refractivity contribution < 1.29 is 0 Å². The summed E-state index contributed by atoms with van der Waals surface area (Å²) >= 11 is 0. The summed E-state index contributed by atoms with van der Waals surface area (Å²) in [7, 11) is 0. The molecule has 0 radical (unpaired) electrons. The van der Waals surface area contributed by atoms with Gasteiger partial charge in [0.05, 0.1) is 0 Å². The topological polar surface area (TPSA) is 63.3 Å². The first-order valence-electron chi connectivity index (χ1n) is 6.06. The highest BCUT2D eigenvalue weighted by molar-refractivity contribution is 6.02. The van der Waals surface area contributed by atoms with Crippen LogP contribution < -0.4 is 11.1 Å². The molecule has 3 N–H and O–H groups in total. The van der Waals surface area contributed by atoms with E-state index >= 15 is 0 Å². The Balaban J connectivity index is 2.24. The summed E-state index contributed by atoms with van der Waals surface area (Å²) in [4.78, 5) is 8.40. The van der Waals surface area contributed by atoms with Crippen molar-refractivity contribution in [1.29, 1.82) is 0 Å². The van der Waals surface area contributed by atoms with Gasteiger partial charge in [0.15, 0.2) is 5.96 Å². The summed E-state index contributed by atoms with van der Waals surface area (Å²) in [5.74, 6) is 0.954. The molecule has 0 fully saturated rings. The highest BCUT2D eigenvalue weighted by Gasteiger charge is 2.01. The van der Waals surface area contributed by atoms with Crippen LogP contribution in [0, 0.1) is 5.92 Å². The molecular formula is C14H18N4. The van der Waals surface area contributed by atoms with Crippen molar-refractivity contribution in [2.24, 2.45) is 16.6 Å². The largest absolute Gasteiger partial charge is 0.370 e. The molecule has 0 saturated carbocycles. The Morgan fingerprint density at radius 3 is 3.00 bits per heavy atom. The Morgan fingerprint density at radius 2 is 2.22 bits per heavy atom. The molecule has 2 aromatic rings. The number of aliphatic imine (C=N–C) groups is 1. The summed E-state index contributed by atoms with van der Waals surface area (Å²) < 4.78 is 0. The number of nitrogens with zero attached hydrogens (tertiary/aromatic N) is 2. The molecule has 0 aliphatic carbocycles. The molecule has 18 heavy (non-hydrogen) atoms. The molecule has 4 heteroatoms. The van der Waals surface area contributed by atoms with Crippen LogP contribution in [0.1, 0.15) is 13.8 Å². The summed E-state index contributed by atoms with van der Waals surface area (Å²) in [5, 5.41) is 5.32. The van der Waals surface area contributed by atoms with E-state index in [-0.39, 0.29) is 0 Å². The zero-order valence-electron chi connectivity index (χ0n) is 10.7. The first kappa shape index (κ1) is 12.4. The van der Waals surface area contributed by atoms with Gasteiger partial charge in [0.2, 0.25) is 0 Å². The highest BCUT2D eigenvalue weighted by Crippen LogP contribution is 2.21. The zero-order valence-corrected chi connectivity index (χ0v) is 10.7. The molecule has 0 bridgehead atoms. The molecule has 1 heterocycles. The monoisotopic (exact) mass is 242 g/mol. The van der Waals surface area contributed by atoms with Crippen LogP contribution in [0.4, 0.5) is 5.69 Å². The Bertz CT molecular complexity index is 555. The summed E-state index contributed by atoms with van der Waals surface area (Å²) in [6, 6.07) is 7.95. The van der Waals surface area contributed by atoms with Crippen LogP contribution in [0.3, 0.4) is 0 Å². The SMILES string of the molecule is CC(C)CN=C(N)Nc1cccc2cnccc12. The first-order valence-corrected chi connectivity index (χ1v) is 6.06. The number of rotatable bonds is 3. The van der Waals surface area contributed by atoms with Crippen molar-refractivity contribution >= 4 is 22.4 Å². The second kappa shape index (κ2) is 5.49. The molecule has 0 saturated heterocycles. The molecule has 0 amide bonds. The number of pyridine rings is 1. The van der Waals surface area contributed by atoms with E-state index in [0.29, 0.717) is 11.9 Å². The van der Waals surface area contributed by atoms with E-state index in [1.807, 2.05) is 30.5 Å². The highest BCUT2D eigenvalue weighted by atomic mass is 15.1. The number of fused-ring (bicyclic) bond motifs is 1. The van der Waals surface area contributed by atoms with Gasteiger partial charge < -0.3 is 11.1 Å². The molecule has 1 aromatic carbocycles. The minimum atomic E-state index is 0.452. The zero-order chi connectivity index (χ0) is 13.0. The van der Waals surface area contributed by atoms with E-state index in [0.717, 1.165) is 23.0 Å². The van der Waals surface area contributed by atoms with Crippen LogP contribution in [0.2, 0.25) is 0 Å². The van der Waals surface area contributed by atoms with Crippen molar-refractivity contribution in [2.45, 2.75) is 13.8 Å². The number of hydrogen-bond donors (Lipinski definition) is 2. The summed E-state index contributed by atoms with van der Waals surface area (Å²) in [6.45, 7) is 4.95. The lowest BCUT2D eigenvalue weighted by Gasteiger charge is -2.09. The third-order valence-electron chi connectivity index (χ3n) is 2.57. The van der Waals surface area contributed by atoms with E-state index in [9.17, 15) is 0 Å². The number of anilines is 1. The molecule has 2 rings (SSSR count). The Labute approximate surface area is 107 Å². The molecule has 94 valence electrons. The average molecular weight is 242 g/mol. The molecule has 0 atom stereocenters. The maximum Gasteiger partial charge on any atom is 0.193 e. The molecule has 1 aromatic heterocycles. The fourth-order valence-electron chi connectivity index (χ4n) is 1.69. The second-order valence-electron chi connectivity index (χ2n) is 4.65. The summed E-state index contributed by atoms with van der Waals surface area (Å²) in [6.07, 6.45) is 3.61. The number of nitrogens with one attached hydrogen (secondary N) is 1. The van der Waals surface area contributed by atoms with Gasteiger partial charge in [-0.05, 0) is 18.1 Å². The van der Waals surface area contributed by atoms with Gasteiger partial charge >= 0.3 is 0 Å². The molecular weight excluding hydrogens is 224 g/mol. The lowest BCUT2D eigenvalue weighted by atomic mass is 10.1. The van der Waals surface area contributed by atoms with Crippen molar-refractivity contribution in [3.05, 3.63) is 36.7 Å². The predicted octanol–water partition coefficient (Wildman–Crippen LogP) is 2.62. The van der Waals surface area contributed by atoms with Crippen molar-refractivity contribution in [3.8, 4) is 0 Å². The number of aromatic nitrogens is 1. The van der Waals surface area contributed by atoms with Gasteiger partial charge in [-0.3, -0.25) is 9.98 Å².